The lowest BCUT2D eigenvalue weighted by molar-refractivity contribution is 0.415. The van der Waals surface area contributed by atoms with Gasteiger partial charge < -0.3 is 4.74 Å². The van der Waals surface area contributed by atoms with Crippen LogP contribution >= 0.6 is 0 Å². The third kappa shape index (κ3) is 3.96. The van der Waals surface area contributed by atoms with Gasteiger partial charge in [-0.3, -0.25) is 4.98 Å². The van der Waals surface area contributed by atoms with Gasteiger partial charge >= 0.3 is 0 Å². The highest BCUT2D eigenvalue weighted by Gasteiger charge is 2.09. The van der Waals surface area contributed by atoms with Gasteiger partial charge in [-0.1, -0.05) is 18.2 Å². The van der Waals surface area contributed by atoms with Crippen LogP contribution in [0, 0.1) is 6.92 Å². The van der Waals surface area contributed by atoms with Gasteiger partial charge in [-0.25, -0.2) is 5.14 Å². The van der Waals surface area contributed by atoms with Gasteiger partial charge in [0.1, 0.15) is 5.75 Å². The number of rotatable bonds is 5. The summed E-state index contributed by atoms with van der Waals surface area (Å²) in [6.07, 6.45) is 1.77. The topological polar surface area (TPSA) is 94.3 Å². The van der Waals surface area contributed by atoms with Crippen LogP contribution in [-0.4, -0.2) is 20.5 Å². The number of nitrogens with one attached hydrogen (secondary N) is 1. The minimum atomic E-state index is -3.70. The summed E-state index contributed by atoms with van der Waals surface area (Å²) in [7, 11) is -2.07. The number of fused-ring (bicyclic) bond motifs is 1. The molecule has 1 aromatic heterocycles. The Labute approximate surface area is 146 Å². The van der Waals surface area contributed by atoms with E-state index >= 15 is 0 Å². The van der Waals surface area contributed by atoms with E-state index in [1.165, 1.54) is 0 Å². The quantitative estimate of drug-likeness (QED) is 0.733. The summed E-state index contributed by atoms with van der Waals surface area (Å²) in [5, 5.41) is 6.00. The normalized spacial score (nSPS) is 11.6. The van der Waals surface area contributed by atoms with E-state index in [2.05, 4.69) is 9.71 Å². The van der Waals surface area contributed by atoms with E-state index in [9.17, 15) is 8.42 Å². The maximum absolute atomic E-state index is 11.0. The van der Waals surface area contributed by atoms with Crippen molar-refractivity contribution in [3.63, 3.8) is 0 Å². The van der Waals surface area contributed by atoms with E-state index in [0.717, 1.165) is 38.9 Å². The molecule has 0 amide bonds. The second kappa shape index (κ2) is 6.79. The SMILES string of the molecule is COc1ccc2c(-c3ccc(CNS(N)(=O)=O)cc3C)ccnc2c1. The van der Waals surface area contributed by atoms with Crippen molar-refractivity contribution in [1.29, 1.82) is 0 Å². The van der Waals surface area contributed by atoms with Crippen LogP contribution in [0.5, 0.6) is 5.75 Å². The summed E-state index contributed by atoms with van der Waals surface area (Å²) in [6.45, 7) is 2.15. The van der Waals surface area contributed by atoms with Crippen molar-refractivity contribution >= 4 is 21.1 Å². The summed E-state index contributed by atoms with van der Waals surface area (Å²) < 4.78 is 29.6. The number of hydrogen-bond donors (Lipinski definition) is 2. The predicted molar refractivity (Wildman–Crippen MR) is 98.4 cm³/mol. The molecule has 0 radical (unpaired) electrons. The van der Waals surface area contributed by atoms with Gasteiger partial charge in [0.25, 0.3) is 10.2 Å². The molecule has 6 nitrogen and oxygen atoms in total. The van der Waals surface area contributed by atoms with E-state index in [0.29, 0.717) is 0 Å². The summed E-state index contributed by atoms with van der Waals surface area (Å²) in [5.41, 5.74) is 4.87. The average molecular weight is 357 g/mol. The molecule has 130 valence electrons. The van der Waals surface area contributed by atoms with Gasteiger partial charge in [0.15, 0.2) is 0 Å². The van der Waals surface area contributed by atoms with E-state index in [4.69, 9.17) is 9.88 Å². The van der Waals surface area contributed by atoms with Crippen molar-refractivity contribution in [3.05, 3.63) is 59.8 Å². The highest BCUT2D eigenvalue weighted by Crippen LogP contribution is 2.32. The van der Waals surface area contributed by atoms with Gasteiger partial charge in [0.2, 0.25) is 0 Å². The first-order valence-electron chi connectivity index (χ1n) is 7.67. The molecule has 0 saturated carbocycles. The van der Waals surface area contributed by atoms with Gasteiger partial charge in [-0.2, -0.15) is 13.1 Å². The standard InChI is InChI=1S/C18H19N3O3S/c1-12-9-13(11-21-25(19,22)23)3-5-15(12)16-7-8-20-18-10-14(24-2)4-6-17(16)18/h3-10,21H,11H2,1-2H3,(H2,19,22,23). The Morgan fingerprint density at radius 1 is 1.12 bits per heavy atom. The van der Waals surface area contributed by atoms with E-state index in [1.54, 1.807) is 13.3 Å². The molecule has 3 rings (SSSR count). The van der Waals surface area contributed by atoms with Crippen LogP contribution in [0.3, 0.4) is 0 Å². The maximum atomic E-state index is 11.0. The number of hydrogen-bond acceptors (Lipinski definition) is 4. The summed E-state index contributed by atoms with van der Waals surface area (Å²) in [5.74, 6) is 0.762. The number of aromatic nitrogens is 1. The van der Waals surface area contributed by atoms with Crippen LogP contribution in [0.2, 0.25) is 0 Å². The van der Waals surface area contributed by atoms with Crippen molar-refractivity contribution in [2.45, 2.75) is 13.5 Å². The molecule has 0 aliphatic rings. The first-order chi connectivity index (χ1) is 11.9. The van der Waals surface area contributed by atoms with Crippen LogP contribution in [0.25, 0.3) is 22.0 Å². The minimum Gasteiger partial charge on any atom is -0.497 e. The summed E-state index contributed by atoms with van der Waals surface area (Å²) >= 11 is 0. The molecule has 3 N–H and O–H groups in total. The number of pyridine rings is 1. The van der Waals surface area contributed by atoms with Crippen molar-refractivity contribution in [2.75, 3.05) is 7.11 Å². The van der Waals surface area contributed by atoms with Gasteiger partial charge in [0, 0.05) is 24.2 Å². The van der Waals surface area contributed by atoms with Crippen LogP contribution in [0.4, 0.5) is 0 Å². The Morgan fingerprint density at radius 3 is 2.60 bits per heavy atom. The third-order valence-electron chi connectivity index (χ3n) is 4.01. The van der Waals surface area contributed by atoms with Crippen LogP contribution in [-0.2, 0) is 16.8 Å². The first kappa shape index (κ1) is 17.3. The Balaban J connectivity index is 2.01. The molecule has 0 saturated heterocycles. The second-order valence-electron chi connectivity index (χ2n) is 5.76. The maximum Gasteiger partial charge on any atom is 0.274 e. The van der Waals surface area contributed by atoms with Crippen molar-refractivity contribution < 1.29 is 13.2 Å². The van der Waals surface area contributed by atoms with Gasteiger partial charge in [-0.15, -0.1) is 0 Å². The fraction of sp³-hybridized carbons (Fsp3) is 0.167. The average Bonchev–Trinajstić information content (AvgIpc) is 2.58. The van der Waals surface area contributed by atoms with Crippen LogP contribution in [0.15, 0.2) is 48.7 Å². The molecule has 1 heterocycles. The number of aryl methyl sites for hydroxylation is 1. The van der Waals surface area contributed by atoms with Gasteiger partial charge in [-0.05, 0) is 47.4 Å². The molecule has 0 aliphatic carbocycles. The number of nitrogens with zero attached hydrogens (tertiary/aromatic N) is 1. The number of methoxy groups -OCH3 is 1. The van der Waals surface area contributed by atoms with Crippen molar-refractivity contribution in [3.8, 4) is 16.9 Å². The monoisotopic (exact) mass is 357 g/mol. The Hall–Kier alpha value is -2.48. The minimum absolute atomic E-state index is 0.161. The van der Waals surface area contributed by atoms with Crippen molar-refractivity contribution in [1.82, 2.24) is 9.71 Å². The molecular weight excluding hydrogens is 338 g/mol. The lowest BCUT2D eigenvalue weighted by Gasteiger charge is -2.12. The molecule has 0 unspecified atom stereocenters. The highest BCUT2D eigenvalue weighted by atomic mass is 32.2. The lowest BCUT2D eigenvalue weighted by atomic mass is 9.96. The number of benzene rings is 2. The first-order valence-corrected chi connectivity index (χ1v) is 9.22. The van der Waals surface area contributed by atoms with Gasteiger partial charge in [0.05, 0.1) is 12.6 Å². The zero-order chi connectivity index (χ0) is 18.0. The zero-order valence-corrected chi connectivity index (χ0v) is 14.8. The molecule has 0 bridgehead atoms. The molecule has 7 heteroatoms. The number of ether oxygens (including phenoxy) is 1. The molecule has 0 spiro atoms. The second-order valence-corrected chi connectivity index (χ2v) is 7.14. The summed E-state index contributed by atoms with van der Waals surface area (Å²) in [6, 6.07) is 13.6. The molecule has 25 heavy (non-hydrogen) atoms. The molecular formula is C18H19N3O3S. The fourth-order valence-electron chi connectivity index (χ4n) is 2.81. The Bertz CT molecular complexity index is 1030. The Kier molecular flexibility index (Phi) is 4.71. The molecule has 0 atom stereocenters. The molecule has 2 aromatic carbocycles. The fourth-order valence-corrected chi connectivity index (χ4v) is 3.18. The lowest BCUT2D eigenvalue weighted by Crippen LogP contribution is -2.30. The van der Waals surface area contributed by atoms with E-state index in [1.807, 2.05) is 49.4 Å². The summed E-state index contributed by atoms with van der Waals surface area (Å²) in [4.78, 5) is 4.41. The van der Waals surface area contributed by atoms with E-state index in [-0.39, 0.29) is 6.54 Å². The Morgan fingerprint density at radius 2 is 1.92 bits per heavy atom. The third-order valence-corrected chi connectivity index (χ3v) is 4.56. The van der Waals surface area contributed by atoms with Crippen LogP contribution in [0.1, 0.15) is 11.1 Å². The van der Waals surface area contributed by atoms with Crippen LogP contribution < -0.4 is 14.6 Å². The molecule has 3 aromatic rings. The molecule has 0 aliphatic heterocycles. The van der Waals surface area contributed by atoms with Crippen molar-refractivity contribution in [2.24, 2.45) is 5.14 Å². The smallest absolute Gasteiger partial charge is 0.274 e. The largest absolute Gasteiger partial charge is 0.497 e. The zero-order valence-electron chi connectivity index (χ0n) is 14.0. The number of nitrogens with two attached hydrogens (primary N) is 1. The predicted octanol–water partition coefficient (Wildman–Crippen LogP) is 2.51. The highest BCUT2D eigenvalue weighted by molar-refractivity contribution is 7.87. The van der Waals surface area contributed by atoms with E-state index < -0.39 is 10.2 Å². The molecule has 0 fully saturated rings.